The maximum absolute atomic E-state index is 13.8. The van der Waals surface area contributed by atoms with Crippen LogP contribution in [0.25, 0.3) is 0 Å². The Labute approximate surface area is 218 Å². The molecule has 0 saturated carbocycles. The molecule has 0 aromatic heterocycles. The third-order valence-corrected chi connectivity index (χ3v) is 5.54. The lowest BCUT2D eigenvalue weighted by molar-refractivity contribution is -0.146. The van der Waals surface area contributed by atoms with Gasteiger partial charge in [0.15, 0.2) is 0 Å². The standard InChI is InChI=1S/C27H36ClN3O5/c1-16-11-9-14-20(28)21(16)30-23(33)22(18-12-10-13-19(32)15-18)31(26(3,4)5)24(34)17(2)29-25(35)36-27(6,7)8/h9-15,17,22,32H,1-8H3,(H,29,35)(H,30,33). The minimum Gasteiger partial charge on any atom is -0.508 e. The second kappa shape index (κ2) is 11.2. The number of phenols is 1. The van der Waals surface area contributed by atoms with Crippen LogP contribution >= 0.6 is 11.6 Å². The first kappa shape index (κ1) is 29.0. The molecule has 0 aliphatic carbocycles. The molecule has 2 rings (SSSR count). The van der Waals surface area contributed by atoms with E-state index in [9.17, 15) is 19.5 Å². The molecule has 0 fully saturated rings. The van der Waals surface area contributed by atoms with Gasteiger partial charge in [0.05, 0.1) is 10.7 Å². The van der Waals surface area contributed by atoms with Crippen molar-refractivity contribution in [3.8, 4) is 5.75 Å². The van der Waals surface area contributed by atoms with Crippen molar-refractivity contribution >= 4 is 35.2 Å². The van der Waals surface area contributed by atoms with Crippen molar-refractivity contribution in [1.82, 2.24) is 10.2 Å². The first-order chi connectivity index (χ1) is 16.5. The smallest absolute Gasteiger partial charge is 0.408 e. The number of anilines is 1. The van der Waals surface area contributed by atoms with Crippen molar-refractivity contribution in [1.29, 1.82) is 0 Å². The average Bonchev–Trinajstić information content (AvgIpc) is 2.71. The average molecular weight is 518 g/mol. The highest BCUT2D eigenvalue weighted by Gasteiger charge is 2.41. The SMILES string of the molecule is Cc1cccc(Cl)c1NC(=O)C(c1cccc(O)c1)N(C(=O)C(C)NC(=O)OC(C)(C)C)C(C)(C)C. The van der Waals surface area contributed by atoms with Crippen LogP contribution in [0.3, 0.4) is 0 Å². The molecule has 0 bridgehead atoms. The summed E-state index contributed by atoms with van der Waals surface area (Å²) in [6.07, 6.45) is -0.748. The molecule has 9 heteroatoms. The Kier molecular flexibility index (Phi) is 9.02. The third kappa shape index (κ3) is 7.62. The van der Waals surface area contributed by atoms with E-state index in [4.69, 9.17) is 16.3 Å². The second-order valence-corrected chi connectivity index (χ2v) is 11.1. The number of phenolic OH excluding ortho intramolecular Hbond substituents is 1. The summed E-state index contributed by atoms with van der Waals surface area (Å²) in [5.74, 6) is -1.09. The summed E-state index contributed by atoms with van der Waals surface area (Å²) in [6, 6.07) is 9.25. The highest BCUT2D eigenvalue weighted by Crippen LogP contribution is 2.34. The Balaban J connectivity index is 2.53. The minimum atomic E-state index is -1.15. The Hall–Kier alpha value is -3.26. The van der Waals surface area contributed by atoms with Crippen molar-refractivity contribution in [2.45, 2.75) is 78.6 Å². The van der Waals surface area contributed by atoms with E-state index in [-0.39, 0.29) is 5.75 Å². The minimum absolute atomic E-state index is 0.0551. The summed E-state index contributed by atoms with van der Waals surface area (Å²) >= 11 is 6.35. The fraction of sp³-hybridized carbons (Fsp3) is 0.444. The van der Waals surface area contributed by atoms with Gasteiger partial charge in [0.2, 0.25) is 5.91 Å². The van der Waals surface area contributed by atoms with Gasteiger partial charge >= 0.3 is 6.09 Å². The van der Waals surface area contributed by atoms with Crippen molar-refractivity contribution in [2.24, 2.45) is 0 Å². The Bertz CT molecular complexity index is 1100. The highest BCUT2D eigenvalue weighted by atomic mass is 35.5. The number of ether oxygens (including phenoxy) is 1. The molecule has 196 valence electrons. The Morgan fingerprint density at radius 1 is 1.03 bits per heavy atom. The van der Waals surface area contributed by atoms with Gasteiger partial charge in [0.1, 0.15) is 23.4 Å². The molecule has 2 aromatic carbocycles. The number of aromatic hydroxyl groups is 1. The molecular formula is C27H36ClN3O5. The Morgan fingerprint density at radius 2 is 1.64 bits per heavy atom. The van der Waals surface area contributed by atoms with E-state index in [0.29, 0.717) is 16.3 Å². The maximum atomic E-state index is 13.8. The number of halogens is 1. The summed E-state index contributed by atoms with van der Waals surface area (Å²) < 4.78 is 5.29. The number of alkyl carbamates (subject to hydrolysis) is 1. The molecule has 3 amide bonds. The lowest BCUT2D eigenvalue weighted by atomic mass is 9.95. The zero-order valence-electron chi connectivity index (χ0n) is 22.1. The van der Waals surface area contributed by atoms with E-state index in [1.54, 1.807) is 65.8 Å². The first-order valence-corrected chi connectivity index (χ1v) is 12.1. The summed E-state index contributed by atoms with van der Waals surface area (Å²) in [5.41, 5.74) is -0.0308. The lowest BCUT2D eigenvalue weighted by Crippen LogP contribution is -2.57. The number of hydrogen-bond donors (Lipinski definition) is 3. The molecule has 0 spiro atoms. The molecule has 8 nitrogen and oxygen atoms in total. The number of para-hydroxylation sites is 1. The quantitative estimate of drug-likeness (QED) is 0.464. The number of amides is 3. The van der Waals surface area contributed by atoms with E-state index in [1.807, 2.05) is 13.0 Å². The predicted molar refractivity (Wildman–Crippen MR) is 141 cm³/mol. The molecule has 36 heavy (non-hydrogen) atoms. The van der Waals surface area contributed by atoms with Crippen molar-refractivity contribution < 1.29 is 24.2 Å². The largest absolute Gasteiger partial charge is 0.508 e. The molecule has 0 heterocycles. The van der Waals surface area contributed by atoms with Crippen LogP contribution in [0.1, 0.15) is 65.6 Å². The molecular weight excluding hydrogens is 482 g/mol. The third-order valence-electron chi connectivity index (χ3n) is 5.23. The number of aryl methyl sites for hydroxylation is 1. The number of hydrogen-bond acceptors (Lipinski definition) is 5. The fourth-order valence-corrected chi connectivity index (χ4v) is 3.96. The molecule has 2 atom stereocenters. The molecule has 3 N–H and O–H groups in total. The van der Waals surface area contributed by atoms with E-state index >= 15 is 0 Å². The number of nitrogens with zero attached hydrogens (tertiary/aromatic N) is 1. The van der Waals surface area contributed by atoms with Crippen LogP contribution in [0.5, 0.6) is 5.75 Å². The Morgan fingerprint density at radius 3 is 2.17 bits per heavy atom. The topological polar surface area (TPSA) is 108 Å². The molecule has 2 aromatic rings. The van der Waals surface area contributed by atoms with E-state index in [1.165, 1.54) is 24.0 Å². The molecule has 0 radical (unpaired) electrons. The van der Waals surface area contributed by atoms with Gasteiger partial charge in [0.25, 0.3) is 5.91 Å². The van der Waals surface area contributed by atoms with E-state index in [0.717, 1.165) is 5.56 Å². The van der Waals surface area contributed by atoms with Gasteiger partial charge in [-0.2, -0.15) is 0 Å². The van der Waals surface area contributed by atoms with Crippen LogP contribution in [-0.2, 0) is 14.3 Å². The van der Waals surface area contributed by atoms with Crippen LogP contribution in [0.15, 0.2) is 42.5 Å². The van der Waals surface area contributed by atoms with Crippen LogP contribution in [0.2, 0.25) is 5.02 Å². The van der Waals surface area contributed by atoms with Gasteiger partial charge < -0.3 is 25.4 Å². The lowest BCUT2D eigenvalue weighted by Gasteiger charge is -2.42. The van der Waals surface area contributed by atoms with Crippen LogP contribution in [0, 0.1) is 6.92 Å². The van der Waals surface area contributed by atoms with Gasteiger partial charge in [0, 0.05) is 5.54 Å². The number of carbonyl (C=O) groups is 3. The second-order valence-electron chi connectivity index (χ2n) is 10.7. The van der Waals surface area contributed by atoms with Gasteiger partial charge in [-0.15, -0.1) is 0 Å². The summed E-state index contributed by atoms with van der Waals surface area (Å²) in [7, 11) is 0. The zero-order valence-corrected chi connectivity index (χ0v) is 22.9. The van der Waals surface area contributed by atoms with Gasteiger partial charge in [-0.3, -0.25) is 9.59 Å². The summed E-state index contributed by atoms with van der Waals surface area (Å²) in [4.78, 5) is 41.3. The number of nitrogens with one attached hydrogen (secondary N) is 2. The maximum Gasteiger partial charge on any atom is 0.408 e. The molecule has 2 unspecified atom stereocenters. The number of benzene rings is 2. The summed E-state index contributed by atoms with van der Waals surface area (Å²) in [5, 5.41) is 15.9. The normalized spacial score (nSPS) is 13.4. The predicted octanol–water partition coefficient (Wildman–Crippen LogP) is 5.57. The van der Waals surface area contributed by atoms with Crippen LogP contribution < -0.4 is 10.6 Å². The number of carbonyl (C=O) groups excluding carboxylic acids is 3. The van der Waals surface area contributed by atoms with Crippen molar-refractivity contribution in [3.05, 3.63) is 58.6 Å². The van der Waals surface area contributed by atoms with Crippen LogP contribution in [0.4, 0.5) is 10.5 Å². The summed E-state index contributed by atoms with van der Waals surface area (Å²) in [6.45, 7) is 13.9. The van der Waals surface area contributed by atoms with Gasteiger partial charge in [-0.1, -0.05) is 35.9 Å². The van der Waals surface area contributed by atoms with Crippen LogP contribution in [-0.4, -0.2) is 45.1 Å². The number of rotatable bonds is 6. The molecule has 0 aliphatic heterocycles. The van der Waals surface area contributed by atoms with Gasteiger partial charge in [-0.25, -0.2) is 4.79 Å². The fourth-order valence-electron chi connectivity index (χ4n) is 3.69. The van der Waals surface area contributed by atoms with E-state index in [2.05, 4.69) is 10.6 Å². The van der Waals surface area contributed by atoms with E-state index < -0.39 is 41.1 Å². The molecule has 0 aliphatic rings. The molecule has 0 saturated heterocycles. The van der Waals surface area contributed by atoms with Gasteiger partial charge in [-0.05, 0) is 84.7 Å². The first-order valence-electron chi connectivity index (χ1n) is 11.7. The van der Waals surface area contributed by atoms with Crippen molar-refractivity contribution in [2.75, 3.05) is 5.32 Å². The monoisotopic (exact) mass is 517 g/mol. The zero-order chi connectivity index (χ0) is 27.4. The highest BCUT2D eigenvalue weighted by molar-refractivity contribution is 6.34. The van der Waals surface area contributed by atoms with Crippen molar-refractivity contribution in [3.63, 3.8) is 0 Å².